The molecular formula is C36H40BrClN4O4S. The molecule has 0 saturated carbocycles. The molecule has 1 unspecified atom stereocenters. The standard InChI is InChI=1S/C36H40BrClN4O4S/c1-8-44-29-18-25(17-27(37)32(29)45-19-23-13-15-26(16-14-23)36(5,6)7)31-30(33(43)46-21(2)3)22(4)39-34-40-35(41-42(31)34)47-20-24-11-9-10-12-28(24)38/h9-18,21,31H,8,19-20H2,1-7H3,(H,39,40,41). The first-order chi connectivity index (χ1) is 22.3. The van der Waals surface area contributed by atoms with E-state index in [1.807, 2.05) is 64.1 Å². The number of benzene rings is 3. The van der Waals surface area contributed by atoms with Gasteiger partial charge in [-0.25, -0.2) is 9.48 Å². The molecule has 0 fully saturated rings. The lowest BCUT2D eigenvalue weighted by atomic mass is 9.87. The third-order valence-corrected chi connectivity index (χ3v) is 9.41. The fourth-order valence-corrected chi connectivity index (χ4v) is 6.89. The average molecular weight is 740 g/mol. The van der Waals surface area contributed by atoms with Gasteiger partial charge in [-0.05, 0) is 89.5 Å². The normalized spacial score (nSPS) is 14.6. The van der Waals surface area contributed by atoms with Crippen LogP contribution in [0.2, 0.25) is 5.02 Å². The highest BCUT2D eigenvalue weighted by atomic mass is 79.9. The Labute approximate surface area is 294 Å². The van der Waals surface area contributed by atoms with Gasteiger partial charge in [0.15, 0.2) is 11.5 Å². The molecule has 248 valence electrons. The number of nitrogens with one attached hydrogen (secondary N) is 1. The van der Waals surface area contributed by atoms with Crippen LogP contribution >= 0.6 is 39.3 Å². The summed E-state index contributed by atoms with van der Waals surface area (Å²) in [7, 11) is 0. The van der Waals surface area contributed by atoms with E-state index in [2.05, 4.69) is 66.3 Å². The van der Waals surface area contributed by atoms with Crippen LogP contribution in [0.25, 0.3) is 0 Å². The van der Waals surface area contributed by atoms with Crippen LogP contribution in [0.5, 0.6) is 11.5 Å². The van der Waals surface area contributed by atoms with Crippen molar-refractivity contribution in [1.82, 2.24) is 14.8 Å². The van der Waals surface area contributed by atoms with Crippen molar-refractivity contribution in [3.63, 3.8) is 0 Å². The van der Waals surface area contributed by atoms with Crippen LogP contribution in [0.1, 0.15) is 76.8 Å². The zero-order chi connectivity index (χ0) is 33.9. The van der Waals surface area contributed by atoms with Gasteiger partial charge in [-0.1, -0.05) is 86.6 Å². The Hall–Kier alpha value is -3.47. The molecule has 0 aliphatic carbocycles. The summed E-state index contributed by atoms with van der Waals surface area (Å²) >= 11 is 11.6. The molecule has 4 aromatic rings. The van der Waals surface area contributed by atoms with E-state index in [9.17, 15) is 4.79 Å². The second-order valence-corrected chi connectivity index (χ2v) is 14.8. The van der Waals surface area contributed by atoms with E-state index in [1.54, 1.807) is 4.68 Å². The minimum Gasteiger partial charge on any atom is -0.490 e. The Balaban J connectivity index is 1.50. The average Bonchev–Trinajstić information content (AvgIpc) is 3.41. The van der Waals surface area contributed by atoms with Crippen molar-refractivity contribution < 1.29 is 19.0 Å². The van der Waals surface area contributed by atoms with Crippen LogP contribution in [-0.4, -0.2) is 33.4 Å². The first-order valence-electron chi connectivity index (χ1n) is 15.6. The smallest absolute Gasteiger partial charge is 0.338 e. The predicted molar refractivity (Wildman–Crippen MR) is 192 cm³/mol. The molecule has 1 N–H and O–H groups in total. The first-order valence-corrected chi connectivity index (χ1v) is 17.7. The second-order valence-electron chi connectivity index (χ2n) is 12.6. The van der Waals surface area contributed by atoms with Gasteiger partial charge in [0.25, 0.3) is 0 Å². The van der Waals surface area contributed by atoms with Gasteiger partial charge >= 0.3 is 5.97 Å². The molecule has 0 saturated heterocycles. The molecule has 3 aromatic carbocycles. The number of rotatable bonds is 11. The number of esters is 1. The van der Waals surface area contributed by atoms with Crippen LogP contribution in [0.4, 0.5) is 5.95 Å². The van der Waals surface area contributed by atoms with Gasteiger partial charge in [-0.15, -0.1) is 5.10 Å². The van der Waals surface area contributed by atoms with Crippen molar-refractivity contribution >= 4 is 51.2 Å². The summed E-state index contributed by atoms with van der Waals surface area (Å²) in [6, 6.07) is 19.4. The Morgan fingerprint density at radius 2 is 1.83 bits per heavy atom. The van der Waals surface area contributed by atoms with Crippen molar-refractivity contribution in [1.29, 1.82) is 0 Å². The van der Waals surface area contributed by atoms with E-state index in [-0.39, 0.29) is 11.5 Å². The van der Waals surface area contributed by atoms with Gasteiger partial charge in [-0.2, -0.15) is 4.98 Å². The highest BCUT2D eigenvalue weighted by Gasteiger charge is 2.36. The second kappa shape index (κ2) is 14.7. The minimum absolute atomic E-state index is 0.0707. The zero-order valence-electron chi connectivity index (χ0n) is 27.7. The molecule has 0 amide bonds. The van der Waals surface area contributed by atoms with Crippen molar-refractivity contribution in [2.45, 2.75) is 83.5 Å². The quantitative estimate of drug-likeness (QED) is 0.120. The number of ether oxygens (including phenoxy) is 3. The Morgan fingerprint density at radius 3 is 2.49 bits per heavy atom. The molecule has 1 aliphatic rings. The lowest BCUT2D eigenvalue weighted by Crippen LogP contribution is -2.30. The molecule has 1 aromatic heterocycles. The van der Waals surface area contributed by atoms with E-state index >= 15 is 0 Å². The van der Waals surface area contributed by atoms with Gasteiger partial charge in [0.1, 0.15) is 12.6 Å². The molecule has 8 nitrogen and oxygen atoms in total. The van der Waals surface area contributed by atoms with E-state index in [0.717, 1.165) is 16.7 Å². The molecule has 5 rings (SSSR count). The largest absolute Gasteiger partial charge is 0.490 e. The molecule has 1 atom stereocenters. The van der Waals surface area contributed by atoms with E-state index in [1.165, 1.54) is 17.3 Å². The fraction of sp³-hybridized carbons (Fsp3) is 0.361. The van der Waals surface area contributed by atoms with Crippen molar-refractivity contribution in [3.8, 4) is 11.5 Å². The topological polar surface area (TPSA) is 87.5 Å². The fourth-order valence-electron chi connectivity index (χ4n) is 5.21. The summed E-state index contributed by atoms with van der Waals surface area (Å²) in [5.74, 6) is 1.79. The summed E-state index contributed by atoms with van der Waals surface area (Å²) in [5.41, 5.74) is 5.18. The third kappa shape index (κ3) is 8.16. The lowest BCUT2D eigenvalue weighted by molar-refractivity contribution is -0.143. The Morgan fingerprint density at radius 1 is 1.11 bits per heavy atom. The maximum atomic E-state index is 13.6. The monoisotopic (exact) mass is 738 g/mol. The lowest BCUT2D eigenvalue weighted by Gasteiger charge is -2.29. The SMILES string of the molecule is CCOc1cc(C2C(C(=O)OC(C)C)=C(C)Nc3nc(SCc4ccccc4Cl)nn32)cc(Br)c1OCc1ccc(C(C)(C)C)cc1. The number of carbonyl (C=O) groups excluding carboxylic acids is 1. The molecule has 47 heavy (non-hydrogen) atoms. The number of aromatic nitrogens is 3. The number of carbonyl (C=O) groups is 1. The number of hydrogen-bond donors (Lipinski definition) is 1. The van der Waals surface area contributed by atoms with Crippen LogP contribution in [0, 0.1) is 0 Å². The predicted octanol–water partition coefficient (Wildman–Crippen LogP) is 9.50. The van der Waals surface area contributed by atoms with Crippen LogP contribution in [0.15, 0.2) is 81.6 Å². The Kier molecular flexibility index (Phi) is 10.9. The molecule has 11 heteroatoms. The van der Waals surface area contributed by atoms with Crippen LogP contribution < -0.4 is 14.8 Å². The summed E-state index contributed by atoms with van der Waals surface area (Å²) in [6.07, 6.45) is -0.304. The van der Waals surface area contributed by atoms with Crippen LogP contribution in [0.3, 0.4) is 0 Å². The van der Waals surface area contributed by atoms with Crippen molar-refractivity contribution in [2.24, 2.45) is 0 Å². The minimum atomic E-state index is -0.644. The number of hydrogen-bond acceptors (Lipinski definition) is 8. The van der Waals surface area contributed by atoms with Gasteiger partial charge < -0.3 is 19.5 Å². The maximum Gasteiger partial charge on any atom is 0.338 e. The Bertz CT molecular complexity index is 1780. The van der Waals surface area contributed by atoms with Gasteiger partial charge in [-0.3, -0.25) is 0 Å². The van der Waals surface area contributed by atoms with E-state index < -0.39 is 12.0 Å². The summed E-state index contributed by atoms with van der Waals surface area (Å²) in [4.78, 5) is 18.4. The number of nitrogens with zero attached hydrogens (tertiary/aromatic N) is 3. The summed E-state index contributed by atoms with van der Waals surface area (Å²) < 4.78 is 20.6. The molecule has 0 bridgehead atoms. The number of halogens is 2. The highest BCUT2D eigenvalue weighted by molar-refractivity contribution is 9.10. The van der Waals surface area contributed by atoms with Gasteiger partial charge in [0.2, 0.25) is 11.1 Å². The van der Waals surface area contributed by atoms with Crippen molar-refractivity contribution in [2.75, 3.05) is 11.9 Å². The molecule has 2 heterocycles. The van der Waals surface area contributed by atoms with Gasteiger partial charge in [0.05, 0.1) is 22.8 Å². The number of allylic oxidation sites excluding steroid dienone is 1. The van der Waals surface area contributed by atoms with E-state index in [4.69, 9.17) is 35.9 Å². The number of thioether (sulfide) groups is 1. The third-order valence-electron chi connectivity index (χ3n) is 7.56. The number of anilines is 1. The molecule has 1 aliphatic heterocycles. The zero-order valence-corrected chi connectivity index (χ0v) is 30.8. The van der Waals surface area contributed by atoms with Crippen LogP contribution in [-0.2, 0) is 27.3 Å². The summed E-state index contributed by atoms with van der Waals surface area (Å²) in [6.45, 7) is 14.8. The molecule has 0 radical (unpaired) electrons. The van der Waals surface area contributed by atoms with Gasteiger partial charge in [0, 0.05) is 16.5 Å². The molecular weight excluding hydrogens is 700 g/mol. The highest BCUT2D eigenvalue weighted by Crippen LogP contribution is 2.44. The number of fused-ring (bicyclic) bond motifs is 1. The van der Waals surface area contributed by atoms with E-state index in [0.29, 0.717) is 62.3 Å². The summed E-state index contributed by atoms with van der Waals surface area (Å²) in [5, 5.41) is 9.37. The first kappa shape index (κ1) is 34.9. The molecule has 0 spiro atoms. The van der Waals surface area contributed by atoms with Crippen molar-refractivity contribution in [3.05, 3.63) is 104 Å². The maximum absolute atomic E-state index is 13.6.